The van der Waals surface area contributed by atoms with Crippen LogP contribution in [0.15, 0.2) is 0 Å². The fourth-order valence-corrected chi connectivity index (χ4v) is 2.01. The first-order valence-electron chi connectivity index (χ1n) is 6.87. The van der Waals surface area contributed by atoms with Gasteiger partial charge in [-0.15, -0.1) is 0 Å². The summed E-state index contributed by atoms with van der Waals surface area (Å²) in [5.41, 5.74) is 0. The molecule has 1 fully saturated rings. The first-order valence-corrected chi connectivity index (χ1v) is 6.87. The van der Waals surface area contributed by atoms with Gasteiger partial charge in [-0.05, 0) is 44.9 Å². The summed E-state index contributed by atoms with van der Waals surface area (Å²) in [6.07, 6.45) is 2.06. The number of rotatable bonds is 2. The number of hydrogen-bond donors (Lipinski definition) is 5. The lowest BCUT2D eigenvalue weighted by molar-refractivity contribution is 0.251. The van der Waals surface area contributed by atoms with Crippen LogP contribution in [-0.2, 0) is 0 Å². The highest BCUT2D eigenvalue weighted by Gasteiger charge is 2.07. The van der Waals surface area contributed by atoms with Gasteiger partial charge in [0.2, 0.25) is 0 Å². The maximum Gasteiger partial charge on any atom is 0.0434 e. The smallest absolute Gasteiger partial charge is 0.0434 e. The Kier molecular flexibility index (Phi) is 9.55. The summed E-state index contributed by atoms with van der Waals surface area (Å²) in [6.45, 7) is 8.50. The first kappa shape index (κ1) is 14.9. The van der Waals surface area contributed by atoms with Crippen LogP contribution in [0.2, 0.25) is 0 Å². The Morgan fingerprint density at radius 3 is 1.82 bits per heavy atom. The van der Waals surface area contributed by atoms with Crippen LogP contribution in [0, 0.1) is 5.92 Å². The van der Waals surface area contributed by atoms with Gasteiger partial charge in [0.1, 0.15) is 0 Å². The zero-order valence-electron chi connectivity index (χ0n) is 10.8. The molecule has 0 aromatic rings. The van der Waals surface area contributed by atoms with Crippen molar-refractivity contribution in [2.75, 3.05) is 59.0 Å². The van der Waals surface area contributed by atoms with E-state index in [0.29, 0.717) is 5.92 Å². The van der Waals surface area contributed by atoms with Crippen molar-refractivity contribution in [2.45, 2.75) is 12.8 Å². The molecule has 102 valence electrons. The fourth-order valence-electron chi connectivity index (χ4n) is 2.01. The SMILES string of the molecule is OCCC1CNCCNCCCNCCNC1. The normalized spacial score (nSPS) is 23.1. The van der Waals surface area contributed by atoms with Crippen LogP contribution < -0.4 is 21.3 Å². The van der Waals surface area contributed by atoms with Crippen molar-refractivity contribution in [1.29, 1.82) is 0 Å². The van der Waals surface area contributed by atoms with E-state index in [2.05, 4.69) is 21.3 Å². The maximum atomic E-state index is 9.01. The third kappa shape index (κ3) is 8.51. The quantitative estimate of drug-likeness (QED) is 0.420. The van der Waals surface area contributed by atoms with E-state index in [4.69, 9.17) is 5.11 Å². The second-order valence-corrected chi connectivity index (χ2v) is 4.64. The van der Waals surface area contributed by atoms with Gasteiger partial charge in [-0.2, -0.15) is 0 Å². The molecule has 5 N–H and O–H groups in total. The highest BCUT2D eigenvalue weighted by molar-refractivity contribution is 4.67. The van der Waals surface area contributed by atoms with E-state index in [-0.39, 0.29) is 6.61 Å². The number of hydrogen-bond acceptors (Lipinski definition) is 5. The molecule has 0 aliphatic carbocycles. The number of nitrogens with one attached hydrogen (secondary N) is 4. The van der Waals surface area contributed by atoms with Crippen LogP contribution in [0.25, 0.3) is 0 Å². The van der Waals surface area contributed by atoms with Gasteiger partial charge in [0.15, 0.2) is 0 Å². The van der Waals surface area contributed by atoms with E-state index in [1.165, 1.54) is 6.42 Å². The summed E-state index contributed by atoms with van der Waals surface area (Å²) in [7, 11) is 0. The van der Waals surface area contributed by atoms with Gasteiger partial charge in [0.05, 0.1) is 0 Å². The monoisotopic (exact) mass is 244 g/mol. The zero-order chi connectivity index (χ0) is 12.2. The zero-order valence-corrected chi connectivity index (χ0v) is 10.8. The maximum absolute atomic E-state index is 9.01. The molecular formula is C12H28N4O. The fraction of sp³-hybridized carbons (Fsp3) is 1.00. The van der Waals surface area contributed by atoms with Gasteiger partial charge in [-0.25, -0.2) is 0 Å². The summed E-state index contributed by atoms with van der Waals surface area (Å²) >= 11 is 0. The molecular weight excluding hydrogens is 216 g/mol. The van der Waals surface area contributed by atoms with Crippen molar-refractivity contribution < 1.29 is 5.11 Å². The average Bonchev–Trinajstić information content (AvgIpc) is 2.34. The standard InChI is InChI=1S/C12H28N4O/c17-9-2-12-10-15-7-5-13-3-1-4-14-6-8-16-11-12/h12-17H,1-11H2. The summed E-state index contributed by atoms with van der Waals surface area (Å²) in [4.78, 5) is 0. The van der Waals surface area contributed by atoms with E-state index < -0.39 is 0 Å². The molecule has 0 atom stereocenters. The molecule has 0 radical (unpaired) electrons. The molecule has 1 heterocycles. The second kappa shape index (κ2) is 10.9. The van der Waals surface area contributed by atoms with E-state index in [1.54, 1.807) is 0 Å². The average molecular weight is 244 g/mol. The van der Waals surface area contributed by atoms with Crippen molar-refractivity contribution in [3.8, 4) is 0 Å². The van der Waals surface area contributed by atoms with Crippen molar-refractivity contribution in [3.05, 3.63) is 0 Å². The van der Waals surface area contributed by atoms with E-state index in [1.807, 2.05) is 0 Å². The van der Waals surface area contributed by atoms with Crippen LogP contribution in [0.1, 0.15) is 12.8 Å². The van der Waals surface area contributed by atoms with Crippen LogP contribution >= 0.6 is 0 Å². The lowest BCUT2D eigenvalue weighted by atomic mass is 10.1. The van der Waals surface area contributed by atoms with Gasteiger partial charge in [0.25, 0.3) is 0 Å². The first-order chi connectivity index (χ1) is 8.43. The molecule has 0 aromatic carbocycles. The number of aliphatic hydroxyl groups excluding tert-OH is 1. The molecule has 1 aliphatic heterocycles. The Hall–Kier alpha value is -0.200. The molecule has 0 amide bonds. The summed E-state index contributed by atoms with van der Waals surface area (Å²) in [6, 6.07) is 0. The molecule has 0 aromatic heterocycles. The predicted molar refractivity (Wildman–Crippen MR) is 71.3 cm³/mol. The molecule has 5 nitrogen and oxygen atoms in total. The summed E-state index contributed by atoms with van der Waals surface area (Å²) in [5.74, 6) is 0.531. The minimum absolute atomic E-state index is 0.282. The third-order valence-electron chi connectivity index (χ3n) is 3.07. The van der Waals surface area contributed by atoms with Crippen molar-refractivity contribution >= 4 is 0 Å². The summed E-state index contributed by atoms with van der Waals surface area (Å²) < 4.78 is 0. The topological polar surface area (TPSA) is 68.3 Å². The molecule has 1 rings (SSSR count). The largest absolute Gasteiger partial charge is 0.396 e. The van der Waals surface area contributed by atoms with Crippen molar-refractivity contribution in [3.63, 3.8) is 0 Å². The Labute approximate surface area is 105 Å². The highest BCUT2D eigenvalue weighted by atomic mass is 16.3. The van der Waals surface area contributed by atoms with E-state index in [0.717, 1.165) is 58.8 Å². The molecule has 0 bridgehead atoms. The second-order valence-electron chi connectivity index (χ2n) is 4.64. The Bertz CT molecular complexity index is 155. The molecule has 17 heavy (non-hydrogen) atoms. The van der Waals surface area contributed by atoms with Crippen LogP contribution in [0.4, 0.5) is 0 Å². The van der Waals surface area contributed by atoms with Gasteiger partial charge in [-0.3, -0.25) is 0 Å². The number of aliphatic hydroxyl groups is 1. The van der Waals surface area contributed by atoms with Crippen LogP contribution in [0.3, 0.4) is 0 Å². The molecule has 1 saturated heterocycles. The predicted octanol–water partition coefficient (Wildman–Crippen LogP) is -1.25. The lowest BCUT2D eigenvalue weighted by Gasteiger charge is -2.18. The molecule has 5 heteroatoms. The van der Waals surface area contributed by atoms with E-state index >= 15 is 0 Å². The molecule has 0 unspecified atom stereocenters. The van der Waals surface area contributed by atoms with Gasteiger partial charge >= 0.3 is 0 Å². The van der Waals surface area contributed by atoms with E-state index in [9.17, 15) is 0 Å². The highest BCUT2D eigenvalue weighted by Crippen LogP contribution is 1.98. The molecule has 0 spiro atoms. The molecule has 0 saturated carbocycles. The Morgan fingerprint density at radius 1 is 0.765 bits per heavy atom. The Balaban J connectivity index is 2.19. The van der Waals surface area contributed by atoms with Crippen molar-refractivity contribution in [1.82, 2.24) is 21.3 Å². The molecule has 1 aliphatic rings. The summed E-state index contributed by atoms with van der Waals surface area (Å²) in [5, 5.41) is 22.7. The minimum atomic E-state index is 0.282. The van der Waals surface area contributed by atoms with Gasteiger partial charge < -0.3 is 26.4 Å². The Morgan fingerprint density at radius 2 is 1.29 bits per heavy atom. The van der Waals surface area contributed by atoms with Gasteiger partial charge in [-0.1, -0.05) is 0 Å². The van der Waals surface area contributed by atoms with Crippen LogP contribution in [0.5, 0.6) is 0 Å². The van der Waals surface area contributed by atoms with Crippen LogP contribution in [-0.4, -0.2) is 64.1 Å². The minimum Gasteiger partial charge on any atom is -0.396 e. The van der Waals surface area contributed by atoms with Crippen molar-refractivity contribution in [2.24, 2.45) is 5.92 Å². The lowest BCUT2D eigenvalue weighted by Crippen LogP contribution is -2.38. The van der Waals surface area contributed by atoms with Gasteiger partial charge in [0, 0.05) is 32.8 Å². The third-order valence-corrected chi connectivity index (χ3v) is 3.07.